The first-order valence-electron chi connectivity index (χ1n) is 5.85. The smallest absolute Gasteiger partial charge is 0.218 e. The van der Waals surface area contributed by atoms with Gasteiger partial charge in [-0.1, -0.05) is 60.7 Å². The minimum absolute atomic E-state index is 0.492. The molecular formula is C15H10BrN3. The lowest BCUT2D eigenvalue weighted by molar-refractivity contribution is 0.946. The molecule has 0 N–H and O–H groups in total. The van der Waals surface area contributed by atoms with Crippen molar-refractivity contribution >= 4 is 15.9 Å². The summed E-state index contributed by atoms with van der Waals surface area (Å²) in [6, 6.07) is 19.9. The molecule has 2 aromatic carbocycles. The summed E-state index contributed by atoms with van der Waals surface area (Å²) < 4.78 is 0.492. The van der Waals surface area contributed by atoms with Crippen LogP contribution in [0.15, 0.2) is 65.4 Å². The monoisotopic (exact) mass is 311 g/mol. The van der Waals surface area contributed by atoms with Crippen LogP contribution < -0.4 is 0 Å². The number of benzene rings is 2. The van der Waals surface area contributed by atoms with Crippen molar-refractivity contribution in [2.24, 2.45) is 0 Å². The van der Waals surface area contributed by atoms with E-state index in [9.17, 15) is 0 Å². The highest BCUT2D eigenvalue weighted by Crippen LogP contribution is 2.28. The quantitative estimate of drug-likeness (QED) is 0.719. The van der Waals surface area contributed by atoms with Gasteiger partial charge in [0, 0.05) is 11.1 Å². The van der Waals surface area contributed by atoms with Crippen LogP contribution in [0.2, 0.25) is 0 Å². The number of rotatable bonds is 2. The lowest BCUT2D eigenvalue weighted by Crippen LogP contribution is -1.97. The van der Waals surface area contributed by atoms with Crippen LogP contribution in [0.25, 0.3) is 22.5 Å². The Morgan fingerprint density at radius 2 is 1.16 bits per heavy atom. The summed E-state index contributed by atoms with van der Waals surface area (Å²) in [4.78, 5) is 4.46. The molecule has 92 valence electrons. The van der Waals surface area contributed by atoms with E-state index in [0.29, 0.717) is 4.73 Å². The molecule has 1 heterocycles. The molecule has 0 saturated heterocycles. The zero-order valence-electron chi connectivity index (χ0n) is 9.99. The number of hydrogen-bond acceptors (Lipinski definition) is 3. The van der Waals surface area contributed by atoms with Crippen molar-refractivity contribution in [3.05, 3.63) is 65.4 Å². The summed E-state index contributed by atoms with van der Waals surface area (Å²) in [6.07, 6.45) is 0. The van der Waals surface area contributed by atoms with Crippen molar-refractivity contribution in [2.45, 2.75) is 0 Å². The molecule has 3 rings (SSSR count). The van der Waals surface area contributed by atoms with Crippen molar-refractivity contribution in [1.82, 2.24) is 15.2 Å². The Labute approximate surface area is 119 Å². The highest BCUT2D eigenvalue weighted by Gasteiger charge is 2.11. The zero-order valence-corrected chi connectivity index (χ0v) is 11.6. The first-order chi connectivity index (χ1) is 9.34. The van der Waals surface area contributed by atoms with Gasteiger partial charge in [0.15, 0.2) is 0 Å². The summed E-state index contributed by atoms with van der Waals surface area (Å²) in [7, 11) is 0. The number of aromatic nitrogens is 3. The van der Waals surface area contributed by atoms with E-state index in [-0.39, 0.29) is 0 Å². The largest absolute Gasteiger partial charge is 0.218 e. The molecule has 0 aliphatic rings. The minimum atomic E-state index is 0.492. The van der Waals surface area contributed by atoms with Gasteiger partial charge in [-0.05, 0) is 15.9 Å². The van der Waals surface area contributed by atoms with Crippen LogP contribution in [-0.2, 0) is 0 Å². The van der Waals surface area contributed by atoms with Gasteiger partial charge in [0.1, 0.15) is 11.4 Å². The molecule has 0 unspecified atom stereocenters. The molecule has 0 bridgehead atoms. The molecule has 3 aromatic rings. The molecule has 0 atom stereocenters. The fourth-order valence-corrected chi connectivity index (χ4v) is 2.15. The molecule has 0 fully saturated rings. The van der Waals surface area contributed by atoms with E-state index in [1.54, 1.807) is 0 Å². The van der Waals surface area contributed by atoms with Gasteiger partial charge in [-0.25, -0.2) is 4.98 Å². The number of hydrogen-bond donors (Lipinski definition) is 0. The predicted octanol–water partition coefficient (Wildman–Crippen LogP) is 3.97. The first kappa shape index (κ1) is 12.0. The summed E-state index contributed by atoms with van der Waals surface area (Å²) in [6.45, 7) is 0. The SMILES string of the molecule is Brc1nnc(-c2ccccc2)c(-c2ccccc2)n1. The molecule has 3 nitrogen and oxygen atoms in total. The van der Waals surface area contributed by atoms with E-state index < -0.39 is 0 Å². The maximum absolute atomic E-state index is 4.46. The van der Waals surface area contributed by atoms with Crippen molar-refractivity contribution in [3.8, 4) is 22.5 Å². The lowest BCUT2D eigenvalue weighted by Gasteiger charge is -2.07. The van der Waals surface area contributed by atoms with E-state index in [4.69, 9.17) is 0 Å². The van der Waals surface area contributed by atoms with Crippen LogP contribution in [0, 0.1) is 0 Å². The second kappa shape index (κ2) is 5.28. The van der Waals surface area contributed by atoms with Crippen molar-refractivity contribution < 1.29 is 0 Å². The molecule has 1 aromatic heterocycles. The molecule has 0 saturated carbocycles. The van der Waals surface area contributed by atoms with Gasteiger partial charge in [-0.2, -0.15) is 0 Å². The average molecular weight is 312 g/mol. The highest BCUT2D eigenvalue weighted by atomic mass is 79.9. The molecule has 19 heavy (non-hydrogen) atoms. The van der Waals surface area contributed by atoms with Crippen LogP contribution in [0.1, 0.15) is 0 Å². The molecule has 0 aliphatic heterocycles. The summed E-state index contributed by atoms with van der Waals surface area (Å²) in [5, 5.41) is 8.26. The van der Waals surface area contributed by atoms with Gasteiger partial charge in [0.05, 0.1) is 0 Å². The van der Waals surface area contributed by atoms with Gasteiger partial charge in [0.25, 0.3) is 0 Å². The second-order valence-electron chi connectivity index (χ2n) is 4.01. The van der Waals surface area contributed by atoms with Crippen LogP contribution in [0.5, 0.6) is 0 Å². The molecule has 0 aliphatic carbocycles. The Morgan fingerprint density at radius 3 is 1.74 bits per heavy atom. The Morgan fingerprint density at radius 1 is 0.632 bits per heavy atom. The number of nitrogens with zero attached hydrogens (tertiary/aromatic N) is 3. The fraction of sp³-hybridized carbons (Fsp3) is 0. The first-order valence-corrected chi connectivity index (χ1v) is 6.65. The highest BCUT2D eigenvalue weighted by molar-refractivity contribution is 9.10. The third-order valence-electron chi connectivity index (χ3n) is 2.76. The van der Waals surface area contributed by atoms with E-state index >= 15 is 0 Å². The second-order valence-corrected chi connectivity index (χ2v) is 4.72. The van der Waals surface area contributed by atoms with Crippen LogP contribution in [0.4, 0.5) is 0 Å². The van der Waals surface area contributed by atoms with Crippen molar-refractivity contribution in [1.29, 1.82) is 0 Å². The van der Waals surface area contributed by atoms with Gasteiger partial charge in [-0.15, -0.1) is 10.2 Å². The molecule has 4 heteroatoms. The fourth-order valence-electron chi connectivity index (χ4n) is 1.89. The van der Waals surface area contributed by atoms with Gasteiger partial charge < -0.3 is 0 Å². The third-order valence-corrected chi connectivity index (χ3v) is 3.09. The third kappa shape index (κ3) is 2.53. The van der Waals surface area contributed by atoms with E-state index in [2.05, 4.69) is 31.1 Å². The maximum atomic E-state index is 4.46. The van der Waals surface area contributed by atoms with E-state index in [1.807, 2.05) is 60.7 Å². The van der Waals surface area contributed by atoms with Gasteiger partial charge >= 0.3 is 0 Å². The standard InChI is InChI=1S/C15H10BrN3/c16-15-17-13(11-7-3-1-4-8-11)14(18-19-15)12-9-5-2-6-10-12/h1-10H. The van der Waals surface area contributed by atoms with E-state index in [1.165, 1.54) is 0 Å². The van der Waals surface area contributed by atoms with Crippen LogP contribution >= 0.6 is 15.9 Å². The minimum Gasteiger partial charge on any atom is -0.218 e. The summed E-state index contributed by atoms with van der Waals surface area (Å²) in [5.41, 5.74) is 3.65. The topological polar surface area (TPSA) is 38.7 Å². The lowest BCUT2D eigenvalue weighted by atomic mass is 10.0. The summed E-state index contributed by atoms with van der Waals surface area (Å²) in [5.74, 6) is 0. The van der Waals surface area contributed by atoms with Crippen LogP contribution in [0.3, 0.4) is 0 Å². The van der Waals surface area contributed by atoms with E-state index in [0.717, 1.165) is 22.5 Å². The van der Waals surface area contributed by atoms with Crippen molar-refractivity contribution in [3.63, 3.8) is 0 Å². The Hall–Kier alpha value is -2.07. The Balaban J connectivity index is 2.21. The predicted molar refractivity (Wildman–Crippen MR) is 78.4 cm³/mol. The molecule has 0 amide bonds. The maximum Gasteiger partial charge on any atom is 0.218 e. The molecule has 0 spiro atoms. The molecule has 0 radical (unpaired) electrons. The molecular weight excluding hydrogens is 302 g/mol. The number of halogens is 1. The Bertz CT molecular complexity index is 684. The zero-order chi connectivity index (χ0) is 13.1. The van der Waals surface area contributed by atoms with Gasteiger partial charge in [-0.3, -0.25) is 0 Å². The average Bonchev–Trinajstić information content (AvgIpc) is 2.49. The Kier molecular flexibility index (Phi) is 3.33. The normalized spacial score (nSPS) is 10.4. The van der Waals surface area contributed by atoms with Gasteiger partial charge in [0.2, 0.25) is 4.73 Å². The van der Waals surface area contributed by atoms with Crippen molar-refractivity contribution in [2.75, 3.05) is 0 Å². The summed E-state index contributed by atoms with van der Waals surface area (Å²) >= 11 is 3.28. The van der Waals surface area contributed by atoms with Crippen LogP contribution in [-0.4, -0.2) is 15.2 Å².